The molecule has 1 atom stereocenters. The summed E-state index contributed by atoms with van der Waals surface area (Å²) in [4.78, 5) is 17.3. The first-order chi connectivity index (χ1) is 12.9. The molecule has 6 nitrogen and oxygen atoms in total. The number of carbonyl (C=O) groups excluding carboxylic acids is 1. The van der Waals surface area contributed by atoms with Crippen molar-refractivity contribution >= 4 is 11.7 Å². The minimum atomic E-state index is -0.798. The Morgan fingerprint density at radius 1 is 1.19 bits per heavy atom. The zero-order valence-corrected chi connectivity index (χ0v) is 15.2. The standard InChI is InChI=1S/C20H20FNO5/c1-20(11-16(22-27-20)13-5-4-6-15(21)9-13)12-26-18-10-14(19(23)25-3)7-8-17(18)24-2/h4-11,22H,12H2,1-3H3. The van der Waals surface area contributed by atoms with E-state index in [2.05, 4.69) is 5.48 Å². The molecule has 0 saturated heterocycles. The Bertz CT molecular complexity index is 882. The molecule has 0 saturated carbocycles. The second-order valence-corrected chi connectivity index (χ2v) is 6.23. The predicted molar refractivity (Wildman–Crippen MR) is 96.8 cm³/mol. The molecular weight excluding hydrogens is 353 g/mol. The molecule has 0 aliphatic carbocycles. The van der Waals surface area contributed by atoms with Gasteiger partial charge in [-0.05, 0) is 43.3 Å². The van der Waals surface area contributed by atoms with Crippen LogP contribution in [0.25, 0.3) is 5.70 Å². The van der Waals surface area contributed by atoms with Crippen molar-refractivity contribution in [3.05, 3.63) is 65.5 Å². The summed E-state index contributed by atoms with van der Waals surface area (Å²) < 4.78 is 29.3. The van der Waals surface area contributed by atoms with Gasteiger partial charge in [0.15, 0.2) is 11.5 Å². The zero-order chi connectivity index (χ0) is 19.4. The van der Waals surface area contributed by atoms with Crippen LogP contribution in [0, 0.1) is 5.82 Å². The van der Waals surface area contributed by atoms with E-state index in [0.717, 1.165) is 0 Å². The van der Waals surface area contributed by atoms with E-state index >= 15 is 0 Å². The Labute approximate surface area is 156 Å². The lowest BCUT2D eigenvalue weighted by Crippen LogP contribution is -2.33. The number of nitrogens with one attached hydrogen (secondary N) is 1. The first kappa shape index (κ1) is 18.7. The molecule has 1 aliphatic rings. The Balaban J connectivity index is 1.77. The van der Waals surface area contributed by atoms with Gasteiger partial charge >= 0.3 is 5.97 Å². The molecule has 1 aliphatic heterocycles. The van der Waals surface area contributed by atoms with E-state index in [1.54, 1.807) is 30.3 Å². The van der Waals surface area contributed by atoms with Gasteiger partial charge in [0.2, 0.25) is 0 Å². The van der Waals surface area contributed by atoms with Crippen LogP contribution in [-0.2, 0) is 9.57 Å². The molecule has 0 amide bonds. The van der Waals surface area contributed by atoms with Gasteiger partial charge in [-0.2, -0.15) is 0 Å². The minimum Gasteiger partial charge on any atom is -0.493 e. The molecule has 0 radical (unpaired) electrons. The highest BCUT2D eigenvalue weighted by Crippen LogP contribution is 2.31. The lowest BCUT2D eigenvalue weighted by Gasteiger charge is -2.21. The Hall–Kier alpha value is -3.06. The molecule has 1 unspecified atom stereocenters. The molecule has 2 aromatic carbocycles. The number of hydroxylamine groups is 1. The van der Waals surface area contributed by atoms with Crippen molar-refractivity contribution in [3.8, 4) is 11.5 Å². The van der Waals surface area contributed by atoms with Crippen LogP contribution in [0.3, 0.4) is 0 Å². The predicted octanol–water partition coefficient (Wildman–Crippen LogP) is 3.33. The van der Waals surface area contributed by atoms with E-state index in [1.165, 1.54) is 26.4 Å². The summed E-state index contributed by atoms with van der Waals surface area (Å²) in [6.45, 7) is 1.96. The topological polar surface area (TPSA) is 66.0 Å². The van der Waals surface area contributed by atoms with Gasteiger partial charge < -0.3 is 14.2 Å². The van der Waals surface area contributed by atoms with Gasteiger partial charge in [-0.25, -0.2) is 9.18 Å². The van der Waals surface area contributed by atoms with Gasteiger partial charge in [0.05, 0.1) is 25.5 Å². The number of esters is 1. The Kier molecular flexibility index (Phi) is 5.32. The number of ether oxygens (including phenoxy) is 3. The summed E-state index contributed by atoms with van der Waals surface area (Å²) in [6, 6.07) is 11.0. The van der Waals surface area contributed by atoms with Crippen molar-refractivity contribution in [2.45, 2.75) is 12.5 Å². The van der Waals surface area contributed by atoms with Crippen molar-refractivity contribution in [1.82, 2.24) is 5.48 Å². The average molecular weight is 373 g/mol. The maximum Gasteiger partial charge on any atom is 0.337 e. The largest absolute Gasteiger partial charge is 0.493 e. The van der Waals surface area contributed by atoms with Crippen molar-refractivity contribution in [2.75, 3.05) is 20.8 Å². The number of rotatable bonds is 6. The van der Waals surface area contributed by atoms with Gasteiger partial charge in [-0.3, -0.25) is 10.3 Å². The molecule has 7 heteroatoms. The molecule has 0 aromatic heterocycles. The highest BCUT2D eigenvalue weighted by atomic mass is 19.1. The summed E-state index contributed by atoms with van der Waals surface area (Å²) in [5, 5.41) is 0. The normalized spacial score (nSPS) is 18.4. The van der Waals surface area contributed by atoms with E-state index in [9.17, 15) is 9.18 Å². The smallest absolute Gasteiger partial charge is 0.337 e. The van der Waals surface area contributed by atoms with Crippen molar-refractivity contribution < 1.29 is 28.2 Å². The van der Waals surface area contributed by atoms with Crippen molar-refractivity contribution in [1.29, 1.82) is 0 Å². The zero-order valence-electron chi connectivity index (χ0n) is 15.2. The first-order valence-corrected chi connectivity index (χ1v) is 8.26. The molecule has 2 aromatic rings. The van der Waals surface area contributed by atoms with E-state index in [-0.39, 0.29) is 12.4 Å². The lowest BCUT2D eigenvalue weighted by molar-refractivity contribution is -0.0476. The summed E-state index contributed by atoms with van der Waals surface area (Å²) >= 11 is 0. The fourth-order valence-corrected chi connectivity index (χ4v) is 2.66. The fraction of sp³-hybridized carbons (Fsp3) is 0.250. The van der Waals surface area contributed by atoms with E-state index in [0.29, 0.717) is 28.3 Å². The molecule has 27 heavy (non-hydrogen) atoms. The molecule has 0 bridgehead atoms. The third-order valence-electron chi connectivity index (χ3n) is 4.08. The molecule has 1 heterocycles. The number of methoxy groups -OCH3 is 2. The molecule has 0 spiro atoms. The summed E-state index contributed by atoms with van der Waals surface area (Å²) in [5.41, 5.74) is 3.67. The third-order valence-corrected chi connectivity index (χ3v) is 4.08. The van der Waals surface area contributed by atoms with Crippen LogP contribution in [-0.4, -0.2) is 32.4 Å². The van der Waals surface area contributed by atoms with Gasteiger partial charge in [-0.15, -0.1) is 0 Å². The van der Waals surface area contributed by atoms with Crippen LogP contribution in [0.4, 0.5) is 4.39 Å². The number of benzene rings is 2. The quantitative estimate of drug-likeness (QED) is 0.784. The lowest BCUT2D eigenvalue weighted by atomic mass is 10.0. The Morgan fingerprint density at radius 2 is 2.00 bits per heavy atom. The number of carbonyl (C=O) groups is 1. The summed E-state index contributed by atoms with van der Waals surface area (Å²) in [7, 11) is 2.82. The molecular formula is C20H20FNO5. The van der Waals surface area contributed by atoms with Crippen LogP contribution >= 0.6 is 0 Å². The maximum absolute atomic E-state index is 13.4. The van der Waals surface area contributed by atoms with Crippen LogP contribution in [0.2, 0.25) is 0 Å². The second kappa shape index (κ2) is 7.67. The summed E-state index contributed by atoms with van der Waals surface area (Å²) in [5.74, 6) is 0.0644. The number of halogens is 1. The van der Waals surface area contributed by atoms with Crippen molar-refractivity contribution in [2.24, 2.45) is 0 Å². The maximum atomic E-state index is 13.4. The second-order valence-electron chi connectivity index (χ2n) is 6.23. The number of hydrogen-bond donors (Lipinski definition) is 1. The van der Waals surface area contributed by atoms with Gasteiger partial charge in [-0.1, -0.05) is 12.1 Å². The average Bonchev–Trinajstić information content (AvgIpc) is 3.08. The monoisotopic (exact) mass is 373 g/mol. The minimum absolute atomic E-state index is 0.139. The van der Waals surface area contributed by atoms with E-state index < -0.39 is 11.6 Å². The number of hydrogen-bond acceptors (Lipinski definition) is 6. The first-order valence-electron chi connectivity index (χ1n) is 8.26. The molecule has 0 fully saturated rings. The highest BCUT2D eigenvalue weighted by molar-refractivity contribution is 5.90. The van der Waals surface area contributed by atoms with E-state index in [1.807, 2.05) is 13.0 Å². The fourth-order valence-electron chi connectivity index (χ4n) is 2.66. The van der Waals surface area contributed by atoms with Gasteiger partial charge in [0.25, 0.3) is 0 Å². The molecule has 3 rings (SSSR count). The highest BCUT2D eigenvalue weighted by Gasteiger charge is 2.32. The van der Waals surface area contributed by atoms with Crippen LogP contribution in [0.5, 0.6) is 11.5 Å². The van der Waals surface area contributed by atoms with Gasteiger partial charge in [0, 0.05) is 5.56 Å². The molecule has 1 N–H and O–H groups in total. The van der Waals surface area contributed by atoms with E-state index in [4.69, 9.17) is 19.0 Å². The SMILES string of the molecule is COC(=O)c1ccc(OC)c(OCC2(C)C=C(c3cccc(F)c3)NO2)c1. The third kappa shape index (κ3) is 4.20. The van der Waals surface area contributed by atoms with Crippen LogP contribution < -0.4 is 15.0 Å². The van der Waals surface area contributed by atoms with Crippen LogP contribution in [0.1, 0.15) is 22.8 Å². The molecule has 142 valence electrons. The van der Waals surface area contributed by atoms with Gasteiger partial charge in [0.1, 0.15) is 18.0 Å². The Morgan fingerprint density at radius 3 is 2.70 bits per heavy atom. The van der Waals surface area contributed by atoms with Crippen LogP contribution in [0.15, 0.2) is 48.5 Å². The van der Waals surface area contributed by atoms with Crippen molar-refractivity contribution in [3.63, 3.8) is 0 Å². The summed E-state index contributed by atoms with van der Waals surface area (Å²) in [6.07, 6.45) is 1.82.